The molecule has 1 heterocycles. The van der Waals surface area contributed by atoms with Crippen LogP contribution in [0.4, 0.5) is 10.1 Å². The number of fused-ring (bicyclic) bond motifs is 1. The van der Waals surface area contributed by atoms with Crippen molar-refractivity contribution in [2.24, 2.45) is 5.73 Å². The molecule has 6 heteroatoms. The topological polar surface area (TPSA) is 63.4 Å². The molecule has 0 spiro atoms. The molecule has 1 unspecified atom stereocenters. The van der Waals surface area contributed by atoms with E-state index < -0.39 is 21.1 Å². The number of halogens is 1. The van der Waals surface area contributed by atoms with Gasteiger partial charge in [0, 0.05) is 13.1 Å². The molecule has 1 atom stereocenters. The van der Waals surface area contributed by atoms with Gasteiger partial charge in [0.05, 0.1) is 10.9 Å². The SMILES string of the molecule is CC(CN)S(=O)(=O)N1CCc2ccc(F)cc21. The van der Waals surface area contributed by atoms with Gasteiger partial charge in [-0.1, -0.05) is 6.07 Å². The van der Waals surface area contributed by atoms with Gasteiger partial charge in [-0.25, -0.2) is 12.8 Å². The van der Waals surface area contributed by atoms with Gasteiger partial charge in [0.2, 0.25) is 10.0 Å². The molecule has 0 aromatic heterocycles. The van der Waals surface area contributed by atoms with E-state index in [2.05, 4.69) is 0 Å². The molecular weight excluding hydrogens is 243 g/mol. The van der Waals surface area contributed by atoms with Crippen LogP contribution in [0.25, 0.3) is 0 Å². The van der Waals surface area contributed by atoms with Crippen LogP contribution in [0.2, 0.25) is 0 Å². The lowest BCUT2D eigenvalue weighted by Crippen LogP contribution is -2.39. The summed E-state index contributed by atoms with van der Waals surface area (Å²) in [5, 5.41) is -0.656. The van der Waals surface area contributed by atoms with E-state index in [4.69, 9.17) is 5.73 Å². The molecule has 1 aliphatic rings. The van der Waals surface area contributed by atoms with Crippen LogP contribution in [0.15, 0.2) is 18.2 Å². The molecule has 0 radical (unpaired) electrons. The van der Waals surface area contributed by atoms with Crippen LogP contribution in [0.3, 0.4) is 0 Å². The highest BCUT2D eigenvalue weighted by Crippen LogP contribution is 2.32. The monoisotopic (exact) mass is 258 g/mol. The second kappa shape index (κ2) is 4.27. The lowest BCUT2D eigenvalue weighted by molar-refractivity contribution is 0.580. The third kappa shape index (κ3) is 2.02. The van der Waals surface area contributed by atoms with Gasteiger partial charge in [-0.15, -0.1) is 0 Å². The zero-order valence-electron chi connectivity index (χ0n) is 9.56. The Balaban J connectivity index is 2.43. The molecule has 4 nitrogen and oxygen atoms in total. The first-order chi connectivity index (χ1) is 7.96. The Kier molecular flexibility index (Phi) is 3.09. The molecule has 1 aromatic rings. The second-order valence-electron chi connectivity index (χ2n) is 4.19. The average Bonchev–Trinajstić information content (AvgIpc) is 2.71. The number of benzene rings is 1. The summed E-state index contributed by atoms with van der Waals surface area (Å²) in [5.74, 6) is -0.425. The number of hydrogen-bond donors (Lipinski definition) is 1. The molecule has 1 aromatic carbocycles. The summed E-state index contributed by atoms with van der Waals surface area (Å²) in [6.07, 6.45) is 0.617. The number of rotatable bonds is 3. The van der Waals surface area contributed by atoms with Crippen LogP contribution in [0.5, 0.6) is 0 Å². The molecule has 0 bridgehead atoms. The van der Waals surface area contributed by atoms with Crippen LogP contribution >= 0.6 is 0 Å². The maximum Gasteiger partial charge on any atom is 0.239 e. The Bertz CT molecular complexity index is 530. The number of nitrogens with zero attached hydrogens (tertiary/aromatic N) is 1. The Hall–Kier alpha value is -1.14. The minimum Gasteiger partial charge on any atom is -0.329 e. The molecule has 0 aliphatic carbocycles. The molecule has 2 N–H and O–H groups in total. The summed E-state index contributed by atoms with van der Waals surface area (Å²) < 4.78 is 38.7. The summed E-state index contributed by atoms with van der Waals surface area (Å²) >= 11 is 0. The number of hydrogen-bond acceptors (Lipinski definition) is 3. The van der Waals surface area contributed by atoms with Crippen molar-refractivity contribution in [3.05, 3.63) is 29.6 Å². The Morgan fingerprint density at radius 2 is 2.24 bits per heavy atom. The summed E-state index contributed by atoms with van der Waals surface area (Å²) in [4.78, 5) is 0. The fourth-order valence-electron chi connectivity index (χ4n) is 1.93. The first kappa shape index (κ1) is 12.3. The van der Waals surface area contributed by atoms with Crippen LogP contribution < -0.4 is 10.0 Å². The van der Waals surface area contributed by atoms with E-state index in [0.717, 1.165) is 5.56 Å². The van der Waals surface area contributed by atoms with Crippen molar-refractivity contribution in [3.63, 3.8) is 0 Å². The predicted molar refractivity (Wildman–Crippen MR) is 64.9 cm³/mol. The van der Waals surface area contributed by atoms with Crippen molar-refractivity contribution < 1.29 is 12.8 Å². The van der Waals surface area contributed by atoms with Gasteiger partial charge in [0.25, 0.3) is 0 Å². The van der Waals surface area contributed by atoms with Crippen molar-refractivity contribution in [2.45, 2.75) is 18.6 Å². The van der Waals surface area contributed by atoms with Crippen molar-refractivity contribution in [1.29, 1.82) is 0 Å². The van der Waals surface area contributed by atoms with E-state index in [1.165, 1.54) is 16.4 Å². The standard InChI is InChI=1S/C11H15FN2O2S/c1-8(7-13)17(15,16)14-5-4-9-2-3-10(12)6-11(9)14/h2-3,6,8H,4-5,7,13H2,1H3. The van der Waals surface area contributed by atoms with Crippen molar-refractivity contribution in [3.8, 4) is 0 Å². The van der Waals surface area contributed by atoms with E-state index in [0.29, 0.717) is 18.7 Å². The normalized spacial score (nSPS) is 17.0. The summed E-state index contributed by atoms with van der Waals surface area (Å²) in [6, 6.07) is 4.25. The second-order valence-corrected chi connectivity index (χ2v) is 6.46. The van der Waals surface area contributed by atoms with Crippen LogP contribution in [-0.4, -0.2) is 26.8 Å². The first-order valence-electron chi connectivity index (χ1n) is 5.47. The molecule has 0 saturated carbocycles. The third-order valence-corrected chi connectivity index (χ3v) is 5.25. The molecule has 94 valence electrons. The van der Waals surface area contributed by atoms with Crippen LogP contribution in [-0.2, 0) is 16.4 Å². The summed E-state index contributed by atoms with van der Waals surface area (Å²) in [6.45, 7) is 1.99. The van der Waals surface area contributed by atoms with Gasteiger partial charge in [0.15, 0.2) is 0 Å². The molecular formula is C11H15FN2O2S. The molecule has 0 saturated heterocycles. The predicted octanol–water partition coefficient (Wildman–Crippen LogP) is 0.865. The molecule has 0 fully saturated rings. The molecule has 2 rings (SSSR count). The van der Waals surface area contributed by atoms with E-state index >= 15 is 0 Å². The summed E-state index contributed by atoms with van der Waals surface area (Å²) in [5.41, 5.74) is 6.71. The fourth-order valence-corrected chi connectivity index (χ4v) is 3.39. The highest BCUT2D eigenvalue weighted by molar-refractivity contribution is 7.93. The minimum atomic E-state index is -3.48. The smallest absolute Gasteiger partial charge is 0.239 e. The van der Waals surface area contributed by atoms with Gasteiger partial charge in [-0.3, -0.25) is 4.31 Å². The van der Waals surface area contributed by atoms with Gasteiger partial charge < -0.3 is 5.73 Å². The van der Waals surface area contributed by atoms with E-state index in [1.807, 2.05) is 0 Å². The number of anilines is 1. The first-order valence-corrected chi connectivity index (χ1v) is 6.97. The van der Waals surface area contributed by atoms with E-state index in [-0.39, 0.29) is 6.54 Å². The lowest BCUT2D eigenvalue weighted by Gasteiger charge is -2.23. The van der Waals surface area contributed by atoms with Crippen LogP contribution in [0.1, 0.15) is 12.5 Å². The van der Waals surface area contributed by atoms with Crippen LogP contribution in [0, 0.1) is 5.82 Å². The highest BCUT2D eigenvalue weighted by atomic mass is 32.2. The fraction of sp³-hybridized carbons (Fsp3) is 0.455. The quantitative estimate of drug-likeness (QED) is 0.874. The maximum atomic E-state index is 13.2. The van der Waals surface area contributed by atoms with Crippen molar-refractivity contribution >= 4 is 15.7 Å². The van der Waals surface area contributed by atoms with Gasteiger partial charge in [0.1, 0.15) is 5.82 Å². The average molecular weight is 258 g/mol. The van der Waals surface area contributed by atoms with E-state index in [1.54, 1.807) is 13.0 Å². The lowest BCUT2D eigenvalue weighted by atomic mass is 10.2. The number of nitrogens with two attached hydrogens (primary N) is 1. The Morgan fingerprint density at radius 1 is 1.53 bits per heavy atom. The van der Waals surface area contributed by atoms with Crippen molar-refractivity contribution in [1.82, 2.24) is 0 Å². The Morgan fingerprint density at radius 3 is 2.88 bits per heavy atom. The van der Waals surface area contributed by atoms with E-state index in [9.17, 15) is 12.8 Å². The zero-order valence-corrected chi connectivity index (χ0v) is 10.4. The number of sulfonamides is 1. The molecule has 1 aliphatic heterocycles. The zero-order chi connectivity index (χ0) is 12.6. The maximum absolute atomic E-state index is 13.2. The third-order valence-electron chi connectivity index (χ3n) is 3.05. The molecule has 0 amide bonds. The largest absolute Gasteiger partial charge is 0.329 e. The van der Waals surface area contributed by atoms with Crippen molar-refractivity contribution in [2.75, 3.05) is 17.4 Å². The highest BCUT2D eigenvalue weighted by Gasteiger charge is 2.33. The Labute approximate surface area is 100 Å². The molecule has 17 heavy (non-hydrogen) atoms. The van der Waals surface area contributed by atoms with Gasteiger partial charge in [-0.2, -0.15) is 0 Å². The minimum absolute atomic E-state index is 0.0590. The van der Waals surface area contributed by atoms with Gasteiger partial charge in [-0.05, 0) is 31.0 Å². The summed E-state index contributed by atoms with van der Waals surface area (Å²) in [7, 11) is -3.48. The van der Waals surface area contributed by atoms with Gasteiger partial charge >= 0.3 is 0 Å².